The molecule has 1 amide bonds. The van der Waals surface area contributed by atoms with E-state index in [-0.39, 0.29) is 11.3 Å². The Morgan fingerprint density at radius 1 is 1.12 bits per heavy atom. The summed E-state index contributed by atoms with van der Waals surface area (Å²) in [5, 5.41) is 18.8. The largest absolute Gasteiger partial charge is 0.480 e. The van der Waals surface area contributed by atoms with E-state index in [1.54, 1.807) is 6.07 Å². The molecule has 3 aromatic rings. The van der Waals surface area contributed by atoms with Crippen LogP contribution in [0.3, 0.4) is 0 Å². The first kappa shape index (κ1) is 31.7. The third-order valence-electron chi connectivity index (χ3n) is 7.11. The van der Waals surface area contributed by atoms with Gasteiger partial charge in [-0.25, -0.2) is 8.42 Å². The highest BCUT2D eigenvalue weighted by molar-refractivity contribution is 7.89. The van der Waals surface area contributed by atoms with Crippen molar-refractivity contribution in [2.75, 3.05) is 31.9 Å². The van der Waals surface area contributed by atoms with Gasteiger partial charge >= 0.3 is 5.97 Å². The van der Waals surface area contributed by atoms with Gasteiger partial charge in [-0.05, 0) is 42.5 Å². The number of hydrogen-bond acceptors (Lipinski definition) is 8. The molecule has 1 aliphatic rings. The average molecular weight is 611 g/mol. The number of carbonyl (C=O) groups is 2. The summed E-state index contributed by atoms with van der Waals surface area (Å²) in [5.74, 6) is -1.66. The summed E-state index contributed by atoms with van der Waals surface area (Å²) in [5.41, 5.74) is 2.12. The Hall–Kier alpha value is -4.23. The molecule has 1 aromatic heterocycles. The molecule has 0 bridgehead atoms. The molecule has 0 fully saturated rings. The minimum atomic E-state index is -3.86. The van der Waals surface area contributed by atoms with E-state index in [0.29, 0.717) is 49.7 Å². The van der Waals surface area contributed by atoms with Crippen LogP contribution < -0.4 is 26.1 Å². The Morgan fingerprint density at radius 2 is 1.91 bits per heavy atom. The zero-order valence-corrected chi connectivity index (χ0v) is 25.0. The number of unbranched alkanes of at least 4 members (excludes halogenated alkanes) is 1. The maximum Gasteiger partial charge on any atom is 0.323 e. The van der Waals surface area contributed by atoms with Gasteiger partial charge in [0.2, 0.25) is 15.5 Å². The SMILES string of the molecule is CCCCS(=O)(=O)NC(CNC(=O)c1cn(CCc2ccccc2)c2cc(CCNC3=NCCN3)ccc2c1=O)C(=O)O. The fourth-order valence-corrected chi connectivity index (χ4v) is 6.16. The molecule has 0 saturated carbocycles. The number of benzene rings is 2. The Kier molecular flexibility index (Phi) is 10.9. The molecule has 13 heteroatoms. The molecule has 0 radical (unpaired) electrons. The van der Waals surface area contributed by atoms with Crippen LogP contribution >= 0.6 is 0 Å². The van der Waals surface area contributed by atoms with Crippen molar-refractivity contribution in [2.24, 2.45) is 4.99 Å². The van der Waals surface area contributed by atoms with Gasteiger partial charge in [-0.1, -0.05) is 49.7 Å². The maximum absolute atomic E-state index is 13.5. The van der Waals surface area contributed by atoms with Gasteiger partial charge in [-0.2, -0.15) is 4.72 Å². The number of sulfonamides is 1. The molecule has 0 spiro atoms. The van der Waals surface area contributed by atoms with E-state index in [4.69, 9.17) is 0 Å². The number of aryl methyl sites for hydroxylation is 2. The lowest BCUT2D eigenvalue weighted by molar-refractivity contribution is -0.138. The average Bonchev–Trinajstić information content (AvgIpc) is 3.52. The molecule has 2 heterocycles. The molecule has 0 aliphatic carbocycles. The third kappa shape index (κ3) is 8.88. The number of carboxylic acids is 1. The van der Waals surface area contributed by atoms with Gasteiger partial charge in [0.25, 0.3) is 5.91 Å². The van der Waals surface area contributed by atoms with E-state index in [1.807, 2.05) is 54.0 Å². The van der Waals surface area contributed by atoms with E-state index in [1.165, 1.54) is 6.20 Å². The number of fused-ring (bicyclic) bond motifs is 1. The van der Waals surface area contributed by atoms with Crippen molar-refractivity contribution in [3.8, 4) is 0 Å². The van der Waals surface area contributed by atoms with Gasteiger partial charge in [0.15, 0.2) is 5.96 Å². The lowest BCUT2D eigenvalue weighted by atomic mass is 10.1. The van der Waals surface area contributed by atoms with Gasteiger partial charge in [-0.3, -0.25) is 19.4 Å². The number of nitrogens with zero attached hydrogens (tertiary/aromatic N) is 2. The topological polar surface area (TPSA) is 171 Å². The van der Waals surface area contributed by atoms with Crippen LogP contribution in [0.4, 0.5) is 0 Å². The number of pyridine rings is 1. The monoisotopic (exact) mass is 610 g/mol. The van der Waals surface area contributed by atoms with Crippen LogP contribution in [-0.2, 0) is 34.2 Å². The first-order chi connectivity index (χ1) is 20.7. The number of guanidine groups is 1. The Balaban J connectivity index is 1.57. The van der Waals surface area contributed by atoms with Crippen LogP contribution in [0.15, 0.2) is 64.5 Å². The van der Waals surface area contributed by atoms with Crippen molar-refractivity contribution in [2.45, 2.75) is 45.2 Å². The molecular formula is C30H38N6O6S. The van der Waals surface area contributed by atoms with Gasteiger partial charge in [0.05, 0.1) is 17.8 Å². The fourth-order valence-electron chi connectivity index (χ4n) is 4.75. The Bertz CT molecular complexity index is 1640. The van der Waals surface area contributed by atoms with Crippen LogP contribution in [0.25, 0.3) is 10.9 Å². The van der Waals surface area contributed by atoms with Gasteiger partial charge in [0, 0.05) is 37.8 Å². The second kappa shape index (κ2) is 14.8. The first-order valence-corrected chi connectivity index (χ1v) is 16.1. The van der Waals surface area contributed by atoms with Crippen LogP contribution in [0.2, 0.25) is 0 Å². The van der Waals surface area contributed by atoms with Crippen LogP contribution in [0.5, 0.6) is 0 Å². The van der Waals surface area contributed by atoms with Crippen molar-refractivity contribution < 1.29 is 23.1 Å². The molecule has 4 rings (SSSR count). The standard InChI is InChI=1S/C30H38N6O6S/c1-2-3-17-43(41,42)35-25(29(39)40)19-34-28(38)24-20-36(16-12-21-7-5-4-6-8-21)26-18-22(9-10-23(26)27(24)37)11-13-31-30-32-14-15-33-30/h4-10,18,20,25,35H,2-3,11-17,19H2,1H3,(H,34,38)(H,39,40)(H2,31,32,33). The maximum atomic E-state index is 13.5. The van der Waals surface area contributed by atoms with E-state index >= 15 is 0 Å². The minimum absolute atomic E-state index is 0.154. The fraction of sp³-hybridized carbons (Fsp3) is 0.400. The van der Waals surface area contributed by atoms with Crippen molar-refractivity contribution in [3.63, 3.8) is 0 Å². The number of amides is 1. The normalized spacial score (nSPS) is 13.7. The van der Waals surface area contributed by atoms with Gasteiger partial charge in [0.1, 0.15) is 11.6 Å². The van der Waals surface area contributed by atoms with Crippen molar-refractivity contribution in [1.29, 1.82) is 0 Å². The van der Waals surface area contributed by atoms with Crippen LogP contribution in [-0.4, -0.2) is 73.9 Å². The Labute approximate surface area is 250 Å². The summed E-state index contributed by atoms with van der Waals surface area (Å²) in [4.78, 5) is 42.8. The minimum Gasteiger partial charge on any atom is -0.480 e. The second-order valence-corrected chi connectivity index (χ2v) is 12.3. The highest BCUT2D eigenvalue weighted by atomic mass is 32.2. The zero-order chi connectivity index (χ0) is 30.8. The van der Waals surface area contributed by atoms with Gasteiger partial charge < -0.3 is 25.6 Å². The molecule has 43 heavy (non-hydrogen) atoms. The summed E-state index contributed by atoms with van der Waals surface area (Å²) in [7, 11) is -3.86. The Morgan fingerprint density at radius 3 is 2.60 bits per heavy atom. The molecule has 1 aliphatic heterocycles. The van der Waals surface area contributed by atoms with Crippen LogP contribution in [0, 0.1) is 0 Å². The predicted molar refractivity (Wildman–Crippen MR) is 166 cm³/mol. The lowest BCUT2D eigenvalue weighted by Crippen LogP contribution is -2.49. The highest BCUT2D eigenvalue weighted by Gasteiger charge is 2.25. The molecule has 5 N–H and O–H groups in total. The molecule has 12 nitrogen and oxygen atoms in total. The number of aromatic nitrogens is 1. The lowest BCUT2D eigenvalue weighted by Gasteiger charge is -2.17. The molecule has 1 unspecified atom stereocenters. The van der Waals surface area contributed by atoms with Crippen molar-refractivity contribution >= 4 is 38.8 Å². The zero-order valence-electron chi connectivity index (χ0n) is 24.1. The molecule has 0 saturated heterocycles. The molecular weight excluding hydrogens is 572 g/mol. The van der Waals surface area contributed by atoms with Crippen molar-refractivity contribution in [1.82, 2.24) is 25.2 Å². The summed E-state index contributed by atoms with van der Waals surface area (Å²) < 4.78 is 28.5. The number of carboxylic acid groups (broad SMARTS) is 1. The number of aliphatic carboxylic acids is 1. The predicted octanol–water partition coefficient (Wildman–Crippen LogP) is 1.24. The molecule has 2 aromatic carbocycles. The van der Waals surface area contributed by atoms with E-state index in [0.717, 1.165) is 30.2 Å². The van der Waals surface area contributed by atoms with E-state index < -0.39 is 39.9 Å². The molecule has 230 valence electrons. The van der Waals surface area contributed by atoms with Crippen molar-refractivity contribution in [3.05, 3.63) is 81.6 Å². The van der Waals surface area contributed by atoms with Gasteiger partial charge in [-0.15, -0.1) is 0 Å². The number of carbonyl (C=O) groups excluding carboxylic acids is 1. The first-order valence-electron chi connectivity index (χ1n) is 14.4. The second-order valence-electron chi connectivity index (χ2n) is 10.4. The highest BCUT2D eigenvalue weighted by Crippen LogP contribution is 2.17. The van der Waals surface area contributed by atoms with E-state index in [2.05, 4.69) is 25.7 Å². The van der Waals surface area contributed by atoms with E-state index in [9.17, 15) is 27.9 Å². The number of rotatable bonds is 15. The summed E-state index contributed by atoms with van der Waals surface area (Å²) in [6.45, 7) is 3.99. The summed E-state index contributed by atoms with van der Waals surface area (Å²) in [6.07, 6.45) is 3.83. The summed E-state index contributed by atoms with van der Waals surface area (Å²) >= 11 is 0. The number of nitrogens with one attached hydrogen (secondary N) is 4. The number of aliphatic imine (C=N–C) groups is 1. The third-order valence-corrected chi connectivity index (χ3v) is 8.58. The smallest absolute Gasteiger partial charge is 0.323 e. The number of hydrogen-bond donors (Lipinski definition) is 5. The molecule has 1 atom stereocenters. The quantitative estimate of drug-likeness (QED) is 0.171. The van der Waals surface area contributed by atoms with Crippen LogP contribution in [0.1, 0.15) is 41.3 Å². The summed E-state index contributed by atoms with van der Waals surface area (Å²) in [6, 6.07) is 13.8.